The van der Waals surface area contributed by atoms with Crippen molar-refractivity contribution in [2.75, 3.05) is 0 Å². The van der Waals surface area contributed by atoms with E-state index in [0.29, 0.717) is 10.5 Å². The molecule has 1 heterocycles. The highest BCUT2D eigenvalue weighted by molar-refractivity contribution is 9.10. The Hall–Kier alpha value is -1.14. The van der Waals surface area contributed by atoms with Crippen molar-refractivity contribution in [2.45, 2.75) is 26.2 Å². The van der Waals surface area contributed by atoms with Crippen molar-refractivity contribution in [1.82, 2.24) is 9.97 Å². The third-order valence-corrected chi connectivity index (χ3v) is 3.59. The third kappa shape index (κ3) is 2.96. The van der Waals surface area contributed by atoms with E-state index in [1.54, 1.807) is 0 Å². The number of halogens is 3. The number of aromatic nitrogens is 2. The van der Waals surface area contributed by atoms with Crippen LogP contribution in [0.2, 0.25) is 0 Å². The molecule has 0 unspecified atom stereocenters. The molecule has 0 aliphatic carbocycles. The molecule has 0 saturated heterocycles. The number of hydrogen-bond donors (Lipinski definition) is 1. The predicted molar refractivity (Wildman–Crippen MR) is 81.2 cm³/mol. The van der Waals surface area contributed by atoms with Crippen molar-refractivity contribution in [3.63, 3.8) is 0 Å². The summed E-state index contributed by atoms with van der Waals surface area (Å²) in [6.07, 6.45) is 0. The van der Waals surface area contributed by atoms with E-state index in [1.165, 1.54) is 18.2 Å². The molecule has 0 aliphatic heterocycles. The highest BCUT2D eigenvalue weighted by Crippen LogP contribution is 2.30. The molecule has 0 fully saturated rings. The summed E-state index contributed by atoms with van der Waals surface area (Å²) < 4.78 is 28.6. The Kier molecular flexibility index (Phi) is 4.07. The minimum absolute atomic E-state index is 0.140. The van der Waals surface area contributed by atoms with Gasteiger partial charge in [-0.2, -0.15) is 0 Å². The first kappa shape index (κ1) is 15.3. The number of nitrogens with zero attached hydrogens (tertiary/aromatic N) is 1. The Morgan fingerprint density at radius 1 is 1.25 bits per heavy atom. The molecule has 20 heavy (non-hydrogen) atoms. The molecule has 0 bridgehead atoms. The van der Waals surface area contributed by atoms with Crippen molar-refractivity contribution in [3.8, 4) is 11.3 Å². The second-order valence-electron chi connectivity index (χ2n) is 5.45. The first-order valence-corrected chi connectivity index (χ1v) is 7.16. The van der Waals surface area contributed by atoms with Crippen LogP contribution in [0.3, 0.4) is 0 Å². The molecule has 0 amide bonds. The van der Waals surface area contributed by atoms with Gasteiger partial charge in [0.05, 0.1) is 15.7 Å². The van der Waals surface area contributed by atoms with Gasteiger partial charge in [-0.15, -0.1) is 0 Å². The molecule has 6 heteroatoms. The molecule has 0 saturated carbocycles. The maximum atomic E-state index is 14.1. The van der Waals surface area contributed by atoms with E-state index in [1.807, 2.05) is 20.8 Å². The highest BCUT2D eigenvalue weighted by Gasteiger charge is 2.20. The molecule has 0 radical (unpaired) electrons. The van der Waals surface area contributed by atoms with E-state index < -0.39 is 11.6 Å². The summed E-state index contributed by atoms with van der Waals surface area (Å²) in [7, 11) is 0. The van der Waals surface area contributed by atoms with E-state index in [-0.39, 0.29) is 21.1 Å². The van der Waals surface area contributed by atoms with Gasteiger partial charge >= 0.3 is 0 Å². The normalized spacial score (nSPS) is 11.7. The van der Waals surface area contributed by atoms with Gasteiger partial charge in [-0.25, -0.2) is 13.8 Å². The monoisotopic (exact) mass is 358 g/mol. The standard InChI is InChI=1S/C14H13BrF2N2S/c1-14(2,3)13-18-9(6-10(20)19-13)11-8(16)5-4-7(15)12(11)17/h4-6H,1-3H3,(H,18,19,20). The van der Waals surface area contributed by atoms with Crippen molar-refractivity contribution >= 4 is 28.1 Å². The first-order chi connectivity index (χ1) is 9.20. The maximum absolute atomic E-state index is 14.1. The minimum atomic E-state index is -0.665. The van der Waals surface area contributed by atoms with Crippen LogP contribution in [0.5, 0.6) is 0 Å². The van der Waals surface area contributed by atoms with Crippen molar-refractivity contribution in [1.29, 1.82) is 0 Å². The lowest BCUT2D eigenvalue weighted by Crippen LogP contribution is -2.16. The second-order valence-corrected chi connectivity index (χ2v) is 6.72. The average molecular weight is 359 g/mol. The zero-order valence-electron chi connectivity index (χ0n) is 11.2. The first-order valence-electron chi connectivity index (χ1n) is 5.96. The molecule has 1 aromatic heterocycles. The Morgan fingerprint density at radius 2 is 1.90 bits per heavy atom. The largest absolute Gasteiger partial charge is 0.343 e. The minimum Gasteiger partial charge on any atom is -0.343 e. The van der Waals surface area contributed by atoms with Gasteiger partial charge < -0.3 is 4.98 Å². The van der Waals surface area contributed by atoms with E-state index in [0.717, 1.165) is 0 Å². The number of benzene rings is 1. The van der Waals surface area contributed by atoms with Crippen LogP contribution in [0, 0.1) is 16.3 Å². The Morgan fingerprint density at radius 3 is 2.50 bits per heavy atom. The molecule has 2 nitrogen and oxygen atoms in total. The Bertz CT molecular complexity index is 720. The Balaban J connectivity index is 2.75. The summed E-state index contributed by atoms with van der Waals surface area (Å²) in [5.74, 6) is -0.733. The molecule has 2 rings (SSSR count). The average Bonchev–Trinajstić information content (AvgIpc) is 2.33. The lowest BCUT2D eigenvalue weighted by atomic mass is 9.95. The van der Waals surface area contributed by atoms with Gasteiger partial charge in [0.2, 0.25) is 0 Å². The van der Waals surface area contributed by atoms with Crippen molar-refractivity contribution in [3.05, 3.63) is 44.8 Å². The third-order valence-electron chi connectivity index (χ3n) is 2.77. The van der Waals surface area contributed by atoms with Crippen LogP contribution in [0.25, 0.3) is 11.3 Å². The zero-order chi connectivity index (χ0) is 15.1. The maximum Gasteiger partial charge on any atom is 0.149 e. The summed E-state index contributed by atoms with van der Waals surface area (Å²) in [4.78, 5) is 7.19. The molecule has 0 atom stereocenters. The molecular formula is C14H13BrF2N2S. The lowest BCUT2D eigenvalue weighted by molar-refractivity contribution is 0.542. The van der Waals surface area contributed by atoms with Crippen LogP contribution < -0.4 is 0 Å². The van der Waals surface area contributed by atoms with Crippen LogP contribution in [0.4, 0.5) is 8.78 Å². The van der Waals surface area contributed by atoms with Crippen molar-refractivity contribution < 1.29 is 8.78 Å². The van der Waals surface area contributed by atoms with Crippen molar-refractivity contribution in [2.24, 2.45) is 0 Å². The van der Waals surface area contributed by atoms with Gasteiger partial charge in [0.25, 0.3) is 0 Å². The van der Waals surface area contributed by atoms with E-state index >= 15 is 0 Å². The lowest BCUT2D eigenvalue weighted by Gasteiger charge is -2.18. The van der Waals surface area contributed by atoms with Gasteiger partial charge in [0.1, 0.15) is 22.1 Å². The van der Waals surface area contributed by atoms with Gasteiger partial charge in [-0.05, 0) is 34.1 Å². The number of H-pyrrole nitrogens is 1. The summed E-state index contributed by atoms with van der Waals surface area (Å²) in [5, 5.41) is 0. The fourth-order valence-corrected chi connectivity index (χ4v) is 2.26. The van der Waals surface area contributed by atoms with Crippen LogP contribution in [-0.4, -0.2) is 9.97 Å². The number of aromatic amines is 1. The molecule has 106 valence electrons. The van der Waals surface area contributed by atoms with Crippen LogP contribution in [0.15, 0.2) is 22.7 Å². The quantitative estimate of drug-likeness (QED) is 0.564. The smallest absolute Gasteiger partial charge is 0.149 e. The second kappa shape index (κ2) is 5.33. The van der Waals surface area contributed by atoms with E-state index in [2.05, 4.69) is 25.9 Å². The predicted octanol–water partition coefficient (Wildman–Crippen LogP) is 5.14. The van der Waals surface area contributed by atoms with Gasteiger partial charge in [0.15, 0.2) is 0 Å². The van der Waals surface area contributed by atoms with Gasteiger partial charge in [-0.1, -0.05) is 33.0 Å². The van der Waals surface area contributed by atoms with Gasteiger partial charge in [-0.3, -0.25) is 0 Å². The fourth-order valence-electron chi connectivity index (χ4n) is 1.72. The zero-order valence-corrected chi connectivity index (χ0v) is 13.6. The summed E-state index contributed by atoms with van der Waals surface area (Å²) >= 11 is 8.14. The number of hydrogen-bond acceptors (Lipinski definition) is 2. The van der Waals surface area contributed by atoms with Crippen LogP contribution in [-0.2, 0) is 5.41 Å². The molecule has 0 spiro atoms. The highest BCUT2D eigenvalue weighted by atomic mass is 79.9. The topological polar surface area (TPSA) is 28.7 Å². The molecule has 1 N–H and O–H groups in total. The molecular weight excluding hydrogens is 346 g/mol. The fraction of sp³-hybridized carbons (Fsp3) is 0.286. The van der Waals surface area contributed by atoms with E-state index in [4.69, 9.17) is 12.2 Å². The van der Waals surface area contributed by atoms with Crippen LogP contribution in [0.1, 0.15) is 26.6 Å². The number of rotatable bonds is 1. The summed E-state index contributed by atoms with van der Waals surface area (Å²) in [5.41, 5.74) is -0.160. The SMILES string of the molecule is CC(C)(C)c1nc(=S)cc(-c2c(F)ccc(Br)c2F)[nH]1. The Labute approximate surface area is 129 Å². The summed E-state index contributed by atoms with van der Waals surface area (Å²) in [6, 6.07) is 3.99. The summed E-state index contributed by atoms with van der Waals surface area (Å²) in [6.45, 7) is 5.83. The van der Waals surface area contributed by atoms with Crippen LogP contribution >= 0.6 is 28.1 Å². The van der Waals surface area contributed by atoms with Gasteiger partial charge in [0, 0.05) is 5.41 Å². The molecule has 2 aromatic rings. The number of nitrogens with one attached hydrogen (secondary N) is 1. The van der Waals surface area contributed by atoms with E-state index in [9.17, 15) is 8.78 Å². The molecule has 0 aliphatic rings. The molecule has 1 aromatic carbocycles.